The van der Waals surface area contributed by atoms with Gasteiger partial charge in [0.25, 0.3) is 5.91 Å². The van der Waals surface area contributed by atoms with Crippen molar-refractivity contribution in [2.24, 2.45) is 11.3 Å². The summed E-state index contributed by atoms with van der Waals surface area (Å²) in [5.41, 5.74) is 2.42. The smallest absolute Gasteiger partial charge is 0.252 e. The van der Waals surface area contributed by atoms with Gasteiger partial charge in [-0.25, -0.2) is 0 Å². The summed E-state index contributed by atoms with van der Waals surface area (Å²) in [6, 6.07) is 3.29. The molecule has 1 amide bonds. The van der Waals surface area contributed by atoms with Crippen LogP contribution >= 0.6 is 11.6 Å². The van der Waals surface area contributed by atoms with E-state index in [1.807, 2.05) is 20.8 Å². The van der Waals surface area contributed by atoms with Crippen molar-refractivity contribution in [3.05, 3.63) is 45.8 Å². The molecule has 0 spiro atoms. The molecule has 0 radical (unpaired) electrons. The van der Waals surface area contributed by atoms with E-state index in [-0.39, 0.29) is 33.6 Å². The number of hydrogen-bond acceptors (Lipinski definition) is 6. The number of rotatable bonds is 3. The Morgan fingerprint density at radius 3 is 2.62 bits per heavy atom. The second kappa shape index (κ2) is 8.45. The van der Waals surface area contributed by atoms with Crippen LogP contribution in [0.5, 0.6) is 11.5 Å². The summed E-state index contributed by atoms with van der Waals surface area (Å²) in [5.74, 6) is -1.11. The SMILES string of the molecule is COc1cc(C2C(C(=O)N3CCOCC3)=C(C)NC3=CC(C)(C)CC(=O)C32)cc(Cl)c1O. The van der Waals surface area contributed by atoms with Crippen LogP contribution in [0, 0.1) is 11.3 Å². The molecule has 172 valence electrons. The molecule has 2 heterocycles. The van der Waals surface area contributed by atoms with Gasteiger partial charge in [0.05, 0.1) is 31.3 Å². The monoisotopic (exact) mass is 460 g/mol. The number of hydrogen-bond donors (Lipinski definition) is 2. The van der Waals surface area contributed by atoms with Gasteiger partial charge in [0.2, 0.25) is 0 Å². The first kappa shape index (κ1) is 22.7. The Morgan fingerprint density at radius 1 is 1.28 bits per heavy atom. The highest BCUT2D eigenvalue weighted by Crippen LogP contribution is 2.49. The number of phenols is 1. The molecule has 1 fully saturated rings. The number of amides is 1. The number of ketones is 1. The normalized spacial score (nSPS) is 25.1. The number of carbonyl (C=O) groups is 2. The molecule has 0 saturated carbocycles. The van der Waals surface area contributed by atoms with E-state index < -0.39 is 11.8 Å². The number of halogens is 1. The van der Waals surface area contributed by atoms with Gasteiger partial charge in [-0.3, -0.25) is 9.59 Å². The molecule has 1 aromatic carbocycles. The standard InChI is InChI=1S/C24H29ClN2O5/c1-13-19(23(30)27-5-7-32-8-6-27)20(14-9-15(25)22(29)18(10-14)31-4)21-16(26-13)11-24(2,3)12-17(21)28/h9-11,20-21,26,29H,5-8,12H2,1-4H3. The second-order valence-electron chi connectivity index (χ2n) is 9.31. The molecule has 1 aliphatic carbocycles. The molecular weight excluding hydrogens is 432 g/mol. The van der Waals surface area contributed by atoms with E-state index in [0.29, 0.717) is 49.6 Å². The van der Waals surface area contributed by atoms with E-state index in [4.69, 9.17) is 21.1 Å². The number of fused-ring (bicyclic) bond motifs is 1. The minimum absolute atomic E-state index is 0.0629. The average molecular weight is 461 g/mol. The summed E-state index contributed by atoms with van der Waals surface area (Å²) < 4.78 is 10.7. The topological polar surface area (TPSA) is 88.1 Å². The van der Waals surface area contributed by atoms with E-state index in [1.165, 1.54) is 7.11 Å². The van der Waals surface area contributed by atoms with Crippen LogP contribution in [0.4, 0.5) is 0 Å². The van der Waals surface area contributed by atoms with E-state index in [2.05, 4.69) is 11.4 Å². The molecule has 4 rings (SSSR count). The van der Waals surface area contributed by atoms with Crippen LogP contribution in [-0.2, 0) is 14.3 Å². The first-order valence-electron chi connectivity index (χ1n) is 10.8. The number of carbonyl (C=O) groups excluding carboxylic acids is 2. The second-order valence-corrected chi connectivity index (χ2v) is 9.72. The Hall–Kier alpha value is -2.51. The lowest BCUT2D eigenvalue weighted by molar-refractivity contribution is -0.132. The fraction of sp³-hybridized carbons (Fsp3) is 0.500. The molecule has 0 aromatic heterocycles. The molecule has 1 aromatic rings. The van der Waals surface area contributed by atoms with Gasteiger partial charge in [0.15, 0.2) is 11.5 Å². The fourth-order valence-corrected chi connectivity index (χ4v) is 5.19. The number of methoxy groups -OCH3 is 1. The highest BCUT2D eigenvalue weighted by atomic mass is 35.5. The maximum Gasteiger partial charge on any atom is 0.252 e. The van der Waals surface area contributed by atoms with E-state index in [1.54, 1.807) is 17.0 Å². The Balaban J connectivity index is 1.90. The Morgan fingerprint density at radius 2 is 1.97 bits per heavy atom. The van der Waals surface area contributed by atoms with Crippen molar-refractivity contribution >= 4 is 23.3 Å². The average Bonchev–Trinajstić information content (AvgIpc) is 2.74. The molecule has 2 N–H and O–H groups in total. The van der Waals surface area contributed by atoms with Crippen molar-refractivity contribution in [2.45, 2.75) is 33.1 Å². The fourth-order valence-electron chi connectivity index (χ4n) is 4.98. The Bertz CT molecular complexity index is 1020. The van der Waals surface area contributed by atoms with E-state index in [0.717, 1.165) is 5.70 Å². The number of Topliss-reactive ketones (excluding diaryl/α,β-unsaturated/α-hetero) is 1. The van der Waals surface area contributed by atoms with Crippen LogP contribution in [0.15, 0.2) is 35.2 Å². The van der Waals surface area contributed by atoms with Gasteiger partial charge >= 0.3 is 0 Å². The number of ether oxygens (including phenoxy) is 2. The molecule has 32 heavy (non-hydrogen) atoms. The third-order valence-corrected chi connectivity index (χ3v) is 6.68. The molecule has 2 aliphatic heterocycles. The van der Waals surface area contributed by atoms with Crippen molar-refractivity contribution in [3.63, 3.8) is 0 Å². The molecule has 2 atom stereocenters. The predicted molar refractivity (Wildman–Crippen MR) is 121 cm³/mol. The number of morpholine rings is 1. The lowest BCUT2D eigenvalue weighted by Crippen LogP contribution is -2.48. The van der Waals surface area contributed by atoms with Gasteiger partial charge in [-0.1, -0.05) is 31.5 Å². The maximum absolute atomic E-state index is 13.7. The first-order valence-corrected chi connectivity index (χ1v) is 11.2. The summed E-state index contributed by atoms with van der Waals surface area (Å²) in [5, 5.41) is 13.7. The maximum atomic E-state index is 13.7. The van der Waals surface area contributed by atoms with Gasteiger partial charge in [0, 0.05) is 42.4 Å². The molecular formula is C24H29ClN2O5. The molecule has 7 nitrogen and oxygen atoms in total. The van der Waals surface area contributed by atoms with Gasteiger partial charge in [-0.15, -0.1) is 0 Å². The summed E-state index contributed by atoms with van der Waals surface area (Å²) in [6.45, 7) is 7.88. The zero-order chi connectivity index (χ0) is 23.2. The number of nitrogens with zero attached hydrogens (tertiary/aromatic N) is 1. The zero-order valence-corrected chi connectivity index (χ0v) is 19.6. The number of aromatic hydroxyl groups is 1. The van der Waals surface area contributed by atoms with Crippen molar-refractivity contribution in [1.29, 1.82) is 0 Å². The van der Waals surface area contributed by atoms with E-state index in [9.17, 15) is 14.7 Å². The molecule has 0 bridgehead atoms. The summed E-state index contributed by atoms with van der Waals surface area (Å²) in [6.07, 6.45) is 2.46. The quantitative estimate of drug-likeness (QED) is 0.719. The number of nitrogens with one attached hydrogen (secondary N) is 1. The van der Waals surface area contributed by atoms with Crippen LogP contribution in [0.3, 0.4) is 0 Å². The number of benzene rings is 1. The van der Waals surface area contributed by atoms with Crippen molar-refractivity contribution in [1.82, 2.24) is 10.2 Å². The molecule has 8 heteroatoms. The predicted octanol–water partition coefficient (Wildman–Crippen LogP) is 3.37. The van der Waals surface area contributed by atoms with Gasteiger partial charge in [-0.05, 0) is 30.0 Å². The highest BCUT2D eigenvalue weighted by molar-refractivity contribution is 6.32. The Labute approximate surface area is 193 Å². The first-order chi connectivity index (χ1) is 15.1. The molecule has 3 aliphatic rings. The highest BCUT2D eigenvalue weighted by Gasteiger charge is 2.46. The number of phenolic OH excluding ortho intramolecular Hbond substituents is 1. The largest absolute Gasteiger partial charge is 0.503 e. The Kier molecular flexibility index (Phi) is 5.98. The third kappa shape index (κ3) is 3.99. The van der Waals surface area contributed by atoms with Crippen LogP contribution in [-0.4, -0.2) is 55.1 Å². The summed E-state index contributed by atoms with van der Waals surface area (Å²) >= 11 is 6.31. The van der Waals surface area contributed by atoms with Gasteiger partial charge in [0.1, 0.15) is 5.78 Å². The molecule has 2 unspecified atom stereocenters. The van der Waals surface area contributed by atoms with Crippen molar-refractivity contribution in [3.8, 4) is 11.5 Å². The van der Waals surface area contributed by atoms with Gasteiger partial charge in [-0.2, -0.15) is 0 Å². The zero-order valence-electron chi connectivity index (χ0n) is 18.8. The number of allylic oxidation sites excluding steroid dienone is 3. The summed E-state index contributed by atoms with van der Waals surface area (Å²) in [4.78, 5) is 28.9. The lowest BCUT2D eigenvalue weighted by Gasteiger charge is -2.43. The molecule has 1 saturated heterocycles. The lowest BCUT2D eigenvalue weighted by atomic mass is 9.66. The van der Waals surface area contributed by atoms with Crippen LogP contribution in [0.2, 0.25) is 5.02 Å². The van der Waals surface area contributed by atoms with Crippen LogP contribution in [0.25, 0.3) is 0 Å². The van der Waals surface area contributed by atoms with Gasteiger partial charge < -0.3 is 24.8 Å². The summed E-state index contributed by atoms with van der Waals surface area (Å²) in [7, 11) is 1.44. The van der Waals surface area contributed by atoms with Crippen molar-refractivity contribution in [2.75, 3.05) is 33.4 Å². The van der Waals surface area contributed by atoms with Crippen molar-refractivity contribution < 1.29 is 24.2 Å². The minimum atomic E-state index is -0.548. The minimum Gasteiger partial charge on any atom is -0.503 e. The third-order valence-electron chi connectivity index (χ3n) is 6.40. The van der Waals surface area contributed by atoms with Crippen LogP contribution < -0.4 is 10.1 Å². The van der Waals surface area contributed by atoms with Crippen LogP contribution in [0.1, 0.15) is 38.7 Å². The van der Waals surface area contributed by atoms with E-state index >= 15 is 0 Å².